The summed E-state index contributed by atoms with van der Waals surface area (Å²) in [6, 6.07) is 4.29. The zero-order chi connectivity index (χ0) is 8.67. The number of fused-ring (bicyclic) bond motifs is 1. The monoisotopic (exact) mass is 174 g/mol. The van der Waals surface area contributed by atoms with Gasteiger partial charge in [-0.05, 0) is 43.5 Å². The van der Waals surface area contributed by atoms with Crippen LogP contribution in [-0.2, 0) is 6.42 Å². The fourth-order valence-corrected chi connectivity index (χ4v) is 2.50. The van der Waals surface area contributed by atoms with E-state index in [9.17, 15) is 0 Å². The van der Waals surface area contributed by atoms with Gasteiger partial charge in [-0.25, -0.2) is 0 Å². The van der Waals surface area contributed by atoms with E-state index in [1.54, 1.807) is 0 Å². The van der Waals surface area contributed by atoms with Gasteiger partial charge in [0.15, 0.2) is 0 Å². The number of hydrogen-bond donors (Lipinski definition) is 1. The third kappa shape index (κ3) is 1.09. The van der Waals surface area contributed by atoms with Crippen LogP contribution < -0.4 is 5.32 Å². The molecular weight excluding hydrogens is 160 g/mol. The maximum absolute atomic E-state index is 4.52. The fraction of sp³-hybridized carbons (Fsp3) is 0.545. The van der Waals surface area contributed by atoms with E-state index in [0.29, 0.717) is 0 Å². The summed E-state index contributed by atoms with van der Waals surface area (Å²) < 4.78 is 0. The van der Waals surface area contributed by atoms with Gasteiger partial charge in [0.05, 0.1) is 0 Å². The highest BCUT2D eigenvalue weighted by atomic mass is 15.0. The molecule has 1 fully saturated rings. The van der Waals surface area contributed by atoms with Crippen LogP contribution in [0.5, 0.6) is 0 Å². The van der Waals surface area contributed by atoms with E-state index in [-0.39, 0.29) is 0 Å². The molecule has 3 rings (SSSR count). The van der Waals surface area contributed by atoms with Gasteiger partial charge in [0, 0.05) is 17.8 Å². The van der Waals surface area contributed by atoms with Gasteiger partial charge >= 0.3 is 0 Å². The summed E-state index contributed by atoms with van der Waals surface area (Å²) in [6.45, 7) is 2.39. The molecule has 2 nitrogen and oxygen atoms in total. The van der Waals surface area contributed by atoms with Crippen molar-refractivity contribution in [1.82, 2.24) is 10.3 Å². The van der Waals surface area contributed by atoms with Gasteiger partial charge in [-0.2, -0.15) is 0 Å². The van der Waals surface area contributed by atoms with Gasteiger partial charge in [-0.1, -0.05) is 6.07 Å². The minimum absolute atomic E-state index is 0.748. The molecule has 2 aliphatic rings. The minimum Gasteiger partial charge on any atom is -0.316 e. The Morgan fingerprint density at radius 2 is 2.31 bits per heavy atom. The first-order valence-electron chi connectivity index (χ1n) is 5.09. The Hall–Kier alpha value is -0.890. The van der Waals surface area contributed by atoms with E-state index < -0.39 is 0 Å². The van der Waals surface area contributed by atoms with E-state index in [4.69, 9.17) is 0 Å². The molecule has 0 spiro atoms. The Morgan fingerprint density at radius 3 is 3.08 bits per heavy atom. The van der Waals surface area contributed by atoms with Crippen LogP contribution in [-0.4, -0.2) is 18.1 Å². The number of rotatable bonds is 1. The Labute approximate surface area is 78.4 Å². The van der Waals surface area contributed by atoms with Crippen molar-refractivity contribution in [3.05, 3.63) is 29.6 Å². The Bertz CT molecular complexity index is 318. The molecule has 0 bridgehead atoms. The van der Waals surface area contributed by atoms with Crippen LogP contribution in [0.1, 0.15) is 23.6 Å². The van der Waals surface area contributed by atoms with Crippen LogP contribution >= 0.6 is 0 Å². The van der Waals surface area contributed by atoms with E-state index in [1.165, 1.54) is 37.2 Å². The summed E-state index contributed by atoms with van der Waals surface area (Å²) >= 11 is 0. The second kappa shape index (κ2) is 2.81. The van der Waals surface area contributed by atoms with Crippen molar-refractivity contribution < 1.29 is 0 Å². The molecular formula is C11H14N2. The van der Waals surface area contributed by atoms with Crippen molar-refractivity contribution in [2.45, 2.75) is 18.8 Å². The van der Waals surface area contributed by atoms with Crippen molar-refractivity contribution in [3.63, 3.8) is 0 Å². The Morgan fingerprint density at radius 1 is 1.38 bits per heavy atom. The second-order valence-electron chi connectivity index (χ2n) is 4.11. The molecule has 1 aromatic heterocycles. The number of pyridine rings is 1. The van der Waals surface area contributed by atoms with Crippen molar-refractivity contribution in [2.75, 3.05) is 13.1 Å². The quantitative estimate of drug-likeness (QED) is 0.694. The molecule has 0 radical (unpaired) electrons. The van der Waals surface area contributed by atoms with Gasteiger partial charge in [0.25, 0.3) is 0 Å². The van der Waals surface area contributed by atoms with Gasteiger partial charge < -0.3 is 5.32 Å². The standard InChI is InChI=1S/C11H14N2/c1-2-8-3-4-10(9-6-12-7-9)11(8)13-5-1/h1-2,5,9-10,12H,3-4,6-7H2. The summed E-state index contributed by atoms with van der Waals surface area (Å²) in [5.74, 6) is 1.61. The average molecular weight is 174 g/mol. The molecule has 13 heavy (non-hydrogen) atoms. The summed E-state index contributed by atoms with van der Waals surface area (Å²) in [4.78, 5) is 4.52. The molecule has 1 aliphatic heterocycles. The lowest BCUT2D eigenvalue weighted by atomic mass is 9.85. The molecule has 1 atom stereocenters. The first-order chi connectivity index (χ1) is 6.45. The lowest BCUT2D eigenvalue weighted by Gasteiger charge is -2.32. The zero-order valence-corrected chi connectivity index (χ0v) is 7.66. The number of nitrogens with zero attached hydrogens (tertiary/aromatic N) is 1. The minimum atomic E-state index is 0.748. The topological polar surface area (TPSA) is 24.9 Å². The number of aryl methyl sites for hydroxylation is 1. The van der Waals surface area contributed by atoms with E-state index in [2.05, 4.69) is 22.4 Å². The first kappa shape index (κ1) is 7.51. The van der Waals surface area contributed by atoms with Gasteiger partial charge in [0.1, 0.15) is 0 Å². The lowest BCUT2D eigenvalue weighted by molar-refractivity contribution is 0.287. The average Bonchev–Trinajstić information content (AvgIpc) is 2.47. The maximum atomic E-state index is 4.52. The predicted molar refractivity (Wildman–Crippen MR) is 51.7 cm³/mol. The molecule has 1 N–H and O–H groups in total. The number of hydrogen-bond acceptors (Lipinski definition) is 2. The van der Waals surface area contributed by atoms with Crippen molar-refractivity contribution in [1.29, 1.82) is 0 Å². The molecule has 68 valence electrons. The molecule has 0 saturated carbocycles. The molecule has 2 heterocycles. The van der Waals surface area contributed by atoms with Gasteiger partial charge in [0.2, 0.25) is 0 Å². The number of aromatic nitrogens is 1. The van der Waals surface area contributed by atoms with E-state index in [1.807, 2.05) is 6.20 Å². The van der Waals surface area contributed by atoms with Crippen molar-refractivity contribution >= 4 is 0 Å². The van der Waals surface area contributed by atoms with Crippen LogP contribution in [0.4, 0.5) is 0 Å². The SMILES string of the molecule is c1cnc2c(c1)CCC2C1CNC1. The Balaban J connectivity index is 1.93. The van der Waals surface area contributed by atoms with Crippen LogP contribution in [0.15, 0.2) is 18.3 Å². The molecule has 1 unspecified atom stereocenters. The van der Waals surface area contributed by atoms with E-state index in [0.717, 1.165) is 11.8 Å². The first-order valence-corrected chi connectivity index (χ1v) is 5.09. The smallest absolute Gasteiger partial charge is 0.0470 e. The highest BCUT2D eigenvalue weighted by Crippen LogP contribution is 2.38. The number of nitrogens with one attached hydrogen (secondary N) is 1. The Kier molecular flexibility index (Phi) is 1.62. The van der Waals surface area contributed by atoms with Crippen LogP contribution in [0, 0.1) is 5.92 Å². The molecule has 0 amide bonds. The van der Waals surface area contributed by atoms with Crippen molar-refractivity contribution in [2.24, 2.45) is 5.92 Å². The molecule has 1 aliphatic carbocycles. The van der Waals surface area contributed by atoms with Crippen molar-refractivity contribution in [3.8, 4) is 0 Å². The maximum Gasteiger partial charge on any atom is 0.0470 e. The molecule has 0 aromatic carbocycles. The molecule has 1 aromatic rings. The van der Waals surface area contributed by atoms with Gasteiger partial charge in [-0.3, -0.25) is 4.98 Å². The van der Waals surface area contributed by atoms with Gasteiger partial charge in [-0.15, -0.1) is 0 Å². The van der Waals surface area contributed by atoms with Crippen LogP contribution in [0.25, 0.3) is 0 Å². The third-order valence-corrected chi connectivity index (χ3v) is 3.38. The normalized spacial score (nSPS) is 26.9. The molecule has 1 saturated heterocycles. The predicted octanol–water partition coefficient (Wildman–Crippen LogP) is 1.33. The van der Waals surface area contributed by atoms with Crippen LogP contribution in [0.3, 0.4) is 0 Å². The van der Waals surface area contributed by atoms with Crippen LogP contribution in [0.2, 0.25) is 0 Å². The summed E-state index contributed by atoms with van der Waals surface area (Å²) in [5, 5.41) is 3.34. The fourth-order valence-electron chi connectivity index (χ4n) is 2.50. The highest BCUT2D eigenvalue weighted by Gasteiger charge is 2.33. The summed E-state index contributed by atoms with van der Waals surface area (Å²) in [5.41, 5.74) is 2.87. The zero-order valence-electron chi connectivity index (χ0n) is 7.66. The largest absolute Gasteiger partial charge is 0.316 e. The second-order valence-corrected chi connectivity index (χ2v) is 4.11. The summed E-state index contributed by atoms with van der Waals surface area (Å²) in [6.07, 6.45) is 4.49. The molecule has 2 heteroatoms. The third-order valence-electron chi connectivity index (χ3n) is 3.38. The van der Waals surface area contributed by atoms with E-state index >= 15 is 0 Å². The lowest BCUT2D eigenvalue weighted by Crippen LogP contribution is -2.44. The highest BCUT2D eigenvalue weighted by molar-refractivity contribution is 5.29. The summed E-state index contributed by atoms with van der Waals surface area (Å²) in [7, 11) is 0.